The summed E-state index contributed by atoms with van der Waals surface area (Å²) in [5, 5.41) is 11.4. The summed E-state index contributed by atoms with van der Waals surface area (Å²) in [6.07, 6.45) is 1.51. The van der Waals surface area contributed by atoms with Crippen LogP contribution in [0.1, 0.15) is 5.69 Å². The lowest BCUT2D eigenvalue weighted by molar-refractivity contribution is 0.318. The van der Waals surface area contributed by atoms with E-state index in [0.29, 0.717) is 17.2 Å². The Morgan fingerprint density at radius 2 is 2.11 bits per heavy atom. The molecule has 0 saturated heterocycles. The Kier molecular flexibility index (Phi) is 3.78. The normalized spacial score (nSPS) is 11.3. The number of nitrogens with two attached hydrogens (primary N) is 1. The lowest BCUT2D eigenvalue weighted by atomic mass is 10.3. The van der Waals surface area contributed by atoms with Crippen LogP contribution in [0.3, 0.4) is 0 Å². The van der Waals surface area contributed by atoms with Crippen LogP contribution in [0.2, 0.25) is 0 Å². The number of hydrogen-bond donors (Lipinski definition) is 2. The van der Waals surface area contributed by atoms with Gasteiger partial charge in [0, 0.05) is 4.47 Å². The average molecular weight is 308 g/mol. The van der Waals surface area contributed by atoms with Gasteiger partial charge in [-0.1, -0.05) is 27.2 Å². The number of ether oxygens (including phenoxy) is 1. The van der Waals surface area contributed by atoms with Crippen LogP contribution in [-0.2, 0) is 0 Å². The smallest absolute Gasteiger partial charge is 0.188 e. The molecule has 0 radical (unpaired) electrons. The highest BCUT2D eigenvalue weighted by atomic mass is 79.9. The minimum absolute atomic E-state index is 0.0380. The number of pyridine rings is 1. The van der Waals surface area contributed by atoms with Gasteiger partial charge in [-0.3, -0.25) is 0 Å². The summed E-state index contributed by atoms with van der Waals surface area (Å²) in [5.74, 6) is 1.23. The van der Waals surface area contributed by atoms with E-state index in [0.717, 1.165) is 4.47 Å². The SMILES string of the molecule is N/C(=N/O)c1ccc(Oc2cccc(Br)c2)cn1. The highest BCUT2D eigenvalue weighted by Gasteiger charge is 2.02. The highest BCUT2D eigenvalue weighted by molar-refractivity contribution is 9.10. The Labute approximate surface area is 112 Å². The van der Waals surface area contributed by atoms with Crippen LogP contribution in [0.4, 0.5) is 0 Å². The fourth-order valence-corrected chi connectivity index (χ4v) is 1.69. The lowest BCUT2D eigenvalue weighted by Crippen LogP contribution is -2.14. The van der Waals surface area contributed by atoms with Crippen LogP contribution >= 0.6 is 15.9 Å². The number of halogens is 1. The summed E-state index contributed by atoms with van der Waals surface area (Å²) >= 11 is 3.36. The Hall–Kier alpha value is -2.08. The summed E-state index contributed by atoms with van der Waals surface area (Å²) in [5.41, 5.74) is 5.80. The Morgan fingerprint density at radius 3 is 2.72 bits per heavy atom. The zero-order chi connectivity index (χ0) is 13.0. The second kappa shape index (κ2) is 5.50. The molecule has 92 valence electrons. The van der Waals surface area contributed by atoms with Crippen molar-refractivity contribution in [2.45, 2.75) is 0 Å². The van der Waals surface area contributed by atoms with Gasteiger partial charge in [-0.15, -0.1) is 0 Å². The van der Waals surface area contributed by atoms with E-state index in [1.165, 1.54) is 6.20 Å². The standard InChI is InChI=1S/C12H10BrN3O2/c13-8-2-1-3-9(6-8)18-10-4-5-11(15-7-10)12(14)16-17/h1-7,17H,(H2,14,16). The molecule has 1 heterocycles. The van der Waals surface area contributed by atoms with E-state index in [4.69, 9.17) is 15.7 Å². The van der Waals surface area contributed by atoms with Gasteiger partial charge < -0.3 is 15.7 Å². The second-order valence-corrected chi connectivity index (χ2v) is 4.34. The minimum Gasteiger partial charge on any atom is -0.456 e. The summed E-state index contributed by atoms with van der Waals surface area (Å²) in [6.45, 7) is 0. The molecule has 2 rings (SSSR count). The van der Waals surface area contributed by atoms with Crippen LogP contribution in [-0.4, -0.2) is 16.0 Å². The molecule has 0 atom stereocenters. The first-order chi connectivity index (χ1) is 8.69. The number of benzene rings is 1. The molecule has 1 aromatic heterocycles. The molecule has 1 aromatic carbocycles. The van der Waals surface area contributed by atoms with Crippen molar-refractivity contribution in [3.8, 4) is 11.5 Å². The van der Waals surface area contributed by atoms with Gasteiger partial charge in [0.2, 0.25) is 0 Å². The number of hydrogen-bond acceptors (Lipinski definition) is 4. The van der Waals surface area contributed by atoms with Crippen molar-refractivity contribution in [2.75, 3.05) is 0 Å². The first-order valence-corrected chi connectivity index (χ1v) is 5.86. The van der Waals surface area contributed by atoms with Gasteiger partial charge in [0.05, 0.1) is 6.20 Å². The van der Waals surface area contributed by atoms with Crippen molar-refractivity contribution >= 4 is 21.8 Å². The highest BCUT2D eigenvalue weighted by Crippen LogP contribution is 2.23. The van der Waals surface area contributed by atoms with Crippen LogP contribution in [0.25, 0.3) is 0 Å². The maximum Gasteiger partial charge on any atom is 0.188 e. The molecule has 0 aliphatic carbocycles. The van der Waals surface area contributed by atoms with Crippen LogP contribution in [0.5, 0.6) is 11.5 Å². The largest absolute Gasteiger partial charge is 0.456 e. The number of aromatic nitrogens is 1. The van der Waals surface area contributed by atoms with Crippen molar-refractivity contribution < 1.29 is 9.94 Å². The predicted octanol–water partition coefficient (Wildman–Crippen LogP) is 2.73. The molecule has 0 aliphatic heterocycles. The van der Waals surface area contributed by atoms with E-state index >= 15 is 0 Å². The molecular formula is C12H10BrN3O2. The third-order valence-corrected chi connectivity index (χ3v) is 2.63. The monoisotopic (exact) mass is 307 g/mol. The molecule has 0 bridgehead atoms. The summed E-state index contributed by atoms with van der Waals surface area (Å²) in [6, 6.07) is 10.8. The number of amidine groups is 1. The van der Waals surface area contributed by atoms with Gasteiger partial charge in [0.1, 0.15) is 17.2 Å². The third kappa shape index (κ3) is 2.98. The molecule has 0 spiro atoms. The van der Waals surface area contributed by atoms with E-state index < -0.39 is 0 Å². The van der Waals surface area contributed by atoms with Crippen molar-refractivity contribution in [1.29, 1.82) is 0 Å². The van der Waals surface area contributed by atoms with Gasteiger partial charge in [-0.2, -0.15) is 0 Å². The first-order valence-electron chi connectivity index (χ1n) is 5.06. The second-order valence-electron chi connectivity index (χ2n) is 3.42. The van der Waals surface area contributed by atoms with Crippen molar-refractivity contribution in [3.05, 3.63) is 52.8 Å². The van der Waals surface area contributed by atoms with Crippen molar-refractivity contribution in [3.63, 3.8) is 0 Å². The average Bonchev–Trinajstić information content (AvgIpc) is 2.39. The minimum atomic E-state index is -0.0380. The Balaban J connectivity index is 2.16. The fraction of sp³-hybridized carbons (Fsp3) is 0. The van der Waals surface area contributed by atoms with E-state index in [-0.39, 0.29) is 5.84 Å². The van der Waals surface area contributed by atoms with Crippen molar-refractivity contribution in [1.82, 2.24) is 4.98 Å². The lowest BCUT2D eigenvalue weighted by Gasteiger charge is -2.06. The van der Waals surface area contributed by atoms with Gasteiger partial charge in [-0.05, 0) is 30.3 Å². The van der Waals surface area contributed by atoms with Gasteiger partial charge in [0.15, 0.2) is 5.84 Å². The first kappa shape index (κ1) is 12.4. The topological polar surface area (TPSA) is 80.7 Å². The molecule has 18 heavy (non-hydrogen) atoms. The molecule has 5 nitrogen and oxygen atoms in total. The maximum absolute atomic E-state index is 8.51. The van der Waals surface area contributed by atoms with E-state index in [1.807, 2.05) is 24.3 Å². The van der Waals surface area contributed by atoms with Crippen LogP contribution in [0, 0.1) is 0 Å². The Bertz CT molecular complexity index is 570. The molecular weight excluding hydrogens is 298 g/mol. The van der Waals surface area contributed by atoms with Gasteiger partial charge >= 0.3 is 0 Å². The Morgan fingerprint density at radius 1 is 1.28 bits per heavy atom. The zero-order valence-corrected chi connectivity index (χ0v) is 10.8. The molecule has 0 aliphatic rings. The van der Waals surface area contributed by atoms with Crippen LogP contribution < -0.4 is 10.5 Å². The number of rotatable bonds is 3. The fourth-order valence-electron chi connectivity index (χ4n) is 1.31. The molecule has 0 unspecified atom stereocenters. The van der Waals surface area contributed by atoms with E-state index in [9.17, 15) is 0 Å². The number of oxime groups is 1. The van der Waals surface area contributed by atoms with Crippen molar-refractivity contribution in [2.24, 2.45) is 10.9 Å². The molecule has 6 heteroatoms. The number of nitrogens with zero attached hydrogens (tertiary/aromatic N) is 2. The van der Waals surface area contributed by atoms with E-state index in [1.54, 1.807) is 12.1 Å². The molecule has 3 N–H and O–H groups in total. The van der Waals surface area contributed by atoms with Gasteiger partial charge in [-0.25, -0.2) is 4.98 Å². The molecule has 2 aromatic rings. The maximum atomic E-state index is 8.51. The quantitative estimate of drug-likeness (QED) is 0.395. The molecule has 0 amide bonds. The summed E-state index contributed by atoms with van der Waals surface area (Å²) in [4.78, 5) is 4.02. The zero-order valence-electron chi connectivity index (χ0n) is 9.25. The third-order valence-electron chi connectivity index (χ3n) is 2.14. The molecule has 0 fully saturated rings. The van der Waals surface area contributed by atoms with E-state index in [2.05, 4.69) is 26.1 Å². The van der Waals surface area contributed by atoms with Crippen LogP contribution in [0.15, 0.2) is 52.2 Å². The molecule has 0 saturated carbocycles. The predicted molar refractivity (Wildman–Crippen MR) is 71.0 cm³/mol. The summed E-state index contributed by atoms with van der Waals surface area (Å²) < 4.78 is 6.52. The summed E-state index contributed by atoms with van der Waals surface area (Å²) in [7, 11) is 0. The van der Waals surface area contributed by atoms with Gasteiger partial charge in [0.25, 0.3) is 0 Å².